The van der Waals surface area contributed by atoms with Crippen LogP contribution < -0.4 is 4.90 Å². The lowest BCUT2D eigenvalue weighted by Crippen LogP contribution is -2.84. The first kappa shape index (κ1) is 20.9. The summed E-state index contributed by atoms with van der Waals surface area (Å²) in [5.41, 5.74) is 0.405. The fourth-order valence-corrected chi connectivity index (χ4v) is 3.76. The number of hydrogen-bond acceptors (Lipinski definition) is 11. The van der Waals surface area contributed by atoms with Crippen molar-refractivity contribution in [3.05, 3.63) is 18.6 Å². The van der Waals surface area contributed by atoms with Gasteiger partial charge in [0.2, 0.25) is 11.7 Å². The van der Waals surface area contributed by atoms with Crippen LogP contribution in [0.2, 0.25) is 0 Å². The van der Waals surface area contributed by atoms with Crippen LogP contribution in [0.15, 0.2) is 18.6 Å². The first-order valence-corrected chi connectivity index (χ1v) is 8.44. The van der Waals surface area contributed by atoms with Crippen molar-refractivity contribution in [3.8, 4) is 6.07 Å². The molecule has 1 aliphatic heterocycles. The average molecular weight is 408 g/mol. The van der Waals surface area contributed by atoms with Crippen LogP contribution in [0.25, 0.3) is 11.0 Å². The predicted octanol–water partition coefficient (Wildman–Crippen LogP) is -2.89. The van der Waals surface area contributed by atoms with Crippen molar-refractivity contribution in [2.75, 3.05) is 11.9 Å². The summed E-state index contributed by atoms with van der Waals surface area (Å²) in [6, 6.07) is 1.31. The second-order valence-corrected chi connectivity index (χ2v) is 6.89. The molecule has 2 aromatic rings. The Balaban J connectivity index is 2.18. The zero-order valence-corrected chi connectivity index (χ0v) is 15.4. The van der Waals surface area contributed by atoms with E-state index in [-0.39, 0.29) is 10.7 Å². The smallest absolute Gasteiger partial charge is 0.310 e. The lowest BCUT2D eigenvalue weighted by Gasteiger charge is -2.59. The molecule has 3 heterocycles. The van der Waals surface area contributed by atoms with Gasteiger partial charge in [-0.2, -0.15) is 5.26 Å². The molecule has 1 amide bonds. The molecule has 7 N–H and O–H groups in total. The number of nitrogens with zero attached hydrogens (tertiary/aromatic N) is 5. The van der Waals surface area contributed by atoms with E-state index in [0.29, 0.717) is 11.0 Å². The highest BCUT2D eigenvalue weighted by Crippen LogP contribution is 2.45. The highest BCUT2D eigenvalue weighted by Gasteiger charge is 2.72. The summed E-state index contributed by atoms with van der Waals surface area (Å²) in [7, 11) is 1.34. The quantitative estimate of drug-likeness (QED) is 0.256. The number of hydrogen-bond donors (Lipinski definition) is 7. The van der Waals surface area contributed by atoms with E-state index in [0.717, 1.165) is 11.8 Å². The second-order valence-electron chi connectivity index (χ2n) is 6.89. The fourth-order valence-electron chi connectivity index (χ4n) is 3.76. The second kappa shape index (κ2) is 6.59. The van der Waals surface area contributed by atoms with Crippen LogP contribution in [0.1, 0.15) is 13.3 Å². The van der Waals surface area contributed by atoms with Crippen molar-refractivity contribution in [2.24, 2.45) is 5.92 Å². The van der Waals surface area contributed by atoms with Crippen LogP contribution in [0.4, 0.5) is 5.82 Å². The first-order chi connectivity index (χ1) is 13.4. The van der Waals surface area contributed by atoms with Crippen LogP contribution >= 0.6 is 0 Å². The van der Waals surface area contributed by atoms with Crippen molar-refractivity contribution in [1.82, 2.24) is 19.9 Å². The number of carbonyl (C=O) groups is 1. The molecule has 156 valence electrons. The number of likely N-dealkylation sites (tertiary alicyclic amines) is 1. The van der Waals surface area contributed by atoms with Gasteiger partial charge in [-0.3, -0.25) is 4.79 Å². The lowest BCUT2D eigenvalue weighted by molar-refractivity contribution is -0.494. The minimum absolute atomic E-state index is 0.132. The van der Waals surface area contributed by atoms with Gasteiger partial charge in [-0.15, -0.1) is 0 Å². The van der Waals surface area contributed by atoms with Gasteiger partial charge in [0.1, 0.15) is 30.3 Å². The van der Waals surface area contributed by atoms with Crippen molar-refractivity contribution in [1.29, 1.82) is 5.26 Å². The normalized spacial score (nSPS) is 24.9. The Bertz CT molecular complexity index is 982. The largest absolute Gasteiger partial charge is 0.360 e. The molecule has 0 aliphatic carbocycles. The van der Waals surface area contributed by atoms with Gasteiger partial charge in [-0.1, -0.05) is 6.92 Å². The molecule has 2 aromatic heterocycles. The van der Waals surface area contributed by atoms with Crippen LogP contribution in [0.3, 0.4) is 0 Å². The fraction of sp³-hybridized carbons (Fsp3) is 0.500. The first-order valence-electron chi connectivity index (χ1n) is 8.44. The molecule has 13 heteroatoms. The van der Waals surface area contributed by atoms with Gasteiger partial charge < -0.3 is 40.5 Å². The Morgan fingerprint density at radius 3 is 2.59 bits per heavy atom. The monoisotopic (exact) mass is 408 g/mol. The molecule has 0 aromatic carbocycles. The zero-order chi connectivity index (χ0) is 21.8. The lowest BCUT2D eigenvalue weighted by atomic mass is 9.80. The number of fused-ring (bicyclic) bond motifs is 1. The summed E-state index contributed by atoms with van der Waals surface area (Å²) < 4.78 is 0. The predicted molar refractivity (Wildman–Crippen MR) is 93.8 cm³/mol. The SMILES string of the molecule is CC1C(N(C)c2ncnc3[nH]ccc23)C(O)(O)N(C(=O)CC#N)C(O)(O)C1(O)O. The van der Waals surface area contributed by atoms with E-state index in [2.05, 4.69) is 15.0 Å². The number of rotatable bonds is 3. The Labute approximate surface area is 163 Å². The van der Waals surface area contributed by atoms with E-state index in [1.807, 2.05) is 0 Å². The molecule has 1 saturated heterocycles. The molecule has 2 atom stereocenters. The van der Waals surface area contributed by atoms with Gasteiger partial charge in [-0.25, -0.2) is 14.9 Å². The van der Waals surface area contributed by atoms with Gasteiger partial charge in [-0.05, 0) is 6.07 Å². The summed E-state index contributed by atoms with van der Waals surface area (Å²) in [6.45, 7) is 1.12. The summed E-state index contributed by atoms with van der Waals surface area (Å²) in [4.78, 5) is 24.0. The van der Waals surface area contributed by atoms with Gasteiger partial charge in [0.15, 0.2) is 0 Å². The van der Waals surface area contributed by atoms with Crippen molar-refractivity contribution < 1.29 is 35.4 Å². The van der Waals surface area contributed by atoms with E-state index in [9.17, 15) is 35.4 Å². The highest BCUT2D eigenvalue weighted by atomic mass is 16.6. The molecule has 1 fully saturated rings. The number of H-pyrrole nitrogens is 1. The number of piperidine rings is 1. The van der Waals surface area contributed by atoms with Crippen LogP contribution in [0.5, 0.6) is 0 Å². The van der Waals surface area contributed by atoms with E-state index < -0.39 is 41.9 Å². The topological polar surface area (TPSA) is 210 Å². The molecule has 2 unspecified atom stereocenters. The van der Waals surface area contributed by atoms with E-state index in [4.69, 9.17) is 5.26 Å². The summed E-state index contributed by atoms with van der Waals surface area (Å²) >= 11 is 0. The maximum absolute atomic E-state index is 12.3. The van der Waals surface area contributed by atoms with Gasteiger partial charge >= 0.3 is 5.91 Å². The number of aliphatic hydroxyl groups is 6. The number of anilines is 1. The minimum Gasteiger partial charge on any atom is -0.360 e. The Kier molecular flexibility index (Phi) is 4.74. The third-order valence-corrected chi connectivity index (χ3v) is 5.20. The van der Waals surface area contributed by atoms with Crippen molar-refractivity contribution in [2.45, 2.75) is 37.0 Å². The number of amides is 1. The molecular formula is C16H20N6O7. The molecule has 1 aliphatic rings. The van der Waals surface area contributed by atoms with Gasteiger partial charge in [0.05, 0.1) is 11.5 Å². The standard InChI is InChI=1S/C16H20N6O7/c1-8-11(21(2)13-9-4-6-18-12(9)19-7-20-13)15(26,27)22(10(23)3-5-17)16(28,29)14(8,24)25/h4,6-8,11,24-29H,3H2,1-2H3,(H,18,19,20). The van der Waals surface area contributed by atoms with Gasteiger partial charge in [0, 0.05) is 19.2 Å². The van der Waals surface area contributed by atoms with Crippen LogP contribution in [-0.4, -0.2) is 87.1 Å². The van der Waals surface area contributed by atoms with E-state index in [1.54, 1.807) is 12.3 Å². The average Bonchev–Trinajstić information content (AvgIpc) is 3.08. The Hall–Kier alpha value is -2.86. The molecule has 3 rings (SSSR count). The number of likely N-dealkylation sites (N-methyl/N-ethyl adjacent to an activating group) is 1. The Morgan fingerprint density at radius 1 is 1.31 bits per heavy atom. The van der Waals surface area contributed by atoms with Crippen molar-refractivity contribution >= 4 is 22.8 Å². The van der Waals surface area contributed by atoms with Crippen molar-refractivity contribution in [3.63, 3.8) is 0 Å². The third kappa shape index (κ3) is 2.82. The minimum atomic E-state index is -3.81. The van der Waals surface area contributed by atoms with E-state index >= 15 is 0 Å². The number of aromatic amines is 1. The zero-order valence-electron chi connectivity index (χ0n) is 15.4. The number of carbonyl (C=O) groups excluding carboxylic acids is 1. The van der Waals surface area contributed by atoms with Crippen LogP contribution in [-0.2, 0) is 4.79 Å². The van der Waals surface area contributed by atoms with Gasteiger partial charge in [0.25, 0.3) is 5.91 Å². The number of nitriles is 1. The third-order valence-electron chi connectivity index (χ3n) is 5.20. The summed E-state index contributed by atoms with van der Waals surface area (Å²) in [6.07, 6.45) is 1.76. The number of aromatic nitrogens is 3. The molecule has 29 heavy (non-hydrogen) atoms. The molecule has 13 nitrogen and oxygen atoms in total. The molecule has 0 spiro atoms. The highest BCUT2D eigenvalue weighted by molar-refractivity contribution is 5.87. The summed E-state index contributed by atoms with van der Waals surface area (Å²) in [5, 5.41) is 72.2. The molecule has 0 bridgehead atoms. The maximum Gasteiger partial charge on any atom is 0.310 e. The van der Waals surface area contributed by atoms with E-state index in [1.165, 1.54) is 19.4 Å². The molecule has 0 radical (unpaired) electrons. The van der Waals surface area contributed by atoms with Crippen LogP contribution in [0, 0.1) is 17.2 Å². The molecular weight excluding hydrogens is 388 g/mol. The summed E-state index contributed by atoms with van der Waals surface area (Å²) in [5.74, 6) is -13.5. The number of nitrogens with one attached hydrogen (secondary N) is 1. The Morgan fingerprint density at radius 2 is 1.97 bits per heavy atom. The maximum atomic E-state index is 12.3. The molecule has 0 saturated carbocycles.